The zero-order chi connectivity index (χ0) is 31.1. The van der Waals surface area contributed by atoms with E-state index >= 15 is 0 Å². The molecule has 1 unspecified atom stereocenters. The van der Waals surface area contributed by atoms with Crippen LogP contribution in [0.25, 0.3) is 0 Å². The van der Waals surface area contributed by atoms with Crippen LogP contribution in [-0.2, 0) is 30.0 Å². The van der Waals surface area contributed by atoms with Crippen LogP contribution < -0.4 is 10.1 Å². The molecule has 0 aliphatic rings. The van der Waals surface area contributed by atoms with Gasteiger partial charge in [-0.1, -0.05) is 41.9 Å². The summed E-state index contributed by atoms with van der Waals surface area (Å²) in [5, 5.41) is 3.15. The minimum Gasteiger partial charge on any atom is -0.497 e. The number of halogens is 7. The molecule has 0 aliphatic heterocycles. The molecule has 1 N–H and O–H groups in total. The molecule has 2 amide bonds. The Morgan fingerprint density at radius 1 is 0.929 bits per heavy atom. The monoisotopic (exact) mass is 612 g/mol. The second-order valence-corrected chi connectivity index (χ2v) is 9.80. The topological polar surface area (TPSA) is 58.6 Å². The Morgan fingerprint density at radius 2 is 1.55 bits per heavy atom. The molecular weight excluding hydrogens is 586 g/mol. The van der Waals surface area contributed by atoms with E-state index in [4.69, 9.17) is 16.3 Å². The minimum absolute atomic E-state index is 0.0439. The van der Waals surface area contributed by atoms with Gasteiger partial charge in [-0.05, 0) is 66.4 Å². The molecule has 0 aromatic heterocycles. The first-order valence-electron chi connectivity index (χ1n) is 12.6. The first kappa shape index (κ1) is 32.5. The number of likely N-dealkylation sites (N-methyl/N-ethyl adjacent to an activating group) is 1. The van der Waals surface area contributed by atoms with Gasteiger partial charge in [-0.15, -0.1) is 0 Å². The maximum atomic E-state index is 13.4. The molecule has 12 heteroatoms. The first-order chi connectivity index (χ1) is 19.7. The van der Waals surface area contributed by atoms with Crippen LogP contribution in [0, 0.1) is 0 Å². The number of carbonyl (C=O) groups excluding carboxylic acids is 2. The fourth-order valence-electron chi connectivity index (χ4n) is 4.04. The lowest BCUT2D eigenvalue weighted by atomic mass is 10.0. The predicted molar refractivity (Wildman–Crippen MR) is 146 cm³/mol. The van der Waals surface area contributed by atoms with Crippen molar-refractivity contribution >= 4 is 23.4 Å². The molecule has 0 saturated heterocycles. The molecule has 3 aromatic carbocycles. The van der Waals surface area contributed by atoms with Crippen molar-refractivity contribution in [2.45, 2.75) is 31.2 Å². The number of hydrogen-bond acceptors (Lipinski definition) is 3. The lowest BCUT2D eigenvalue weighted by molar-refractivity contribution is -0.143. The molecule has 224 valence electrons. The minimum atomic E-state index is -5.11. The van der Waals surface area contributed by atoms with Gasteiger partial charge in [0.15, 0.2) is 0 Å². The molecule has 3 rings (SSSR count). The van der Waals surface area contributed by atoms with E-state index in [-0.39, 0.29) is 19.0 Å². The van der Waals surface area contributed by atoms with Crippen molar-refractivity contribution in [2.24, 2.45) is 0 Å². The Bertz CT molecular complexity index is 1390. The molecule has 42 heavy (non-hydrogen) atoms. The fraction of sp³-hybridized carbons (Fsp3) is 0.267. The van der Waals surface area contributed by atoms with Crippen molar-refractivity contribution in [2.75, 3.05) is 20.7 Å². The van der Waals surface area contributed by atoms with Gasteiger partial charge in [0.2, 0.25) is 5.91 Å². The number of benzene rings is 3. The summed E-state index contributed by atoms with van der Waals surface area (Å²) in [5.41, 5.74) is -2.42. The predicted octanol–water partition coefficient (Wildman–Crippen LogP) is 6.98. The van der Waals surface area contributed by atoms with Crippen LogP contribution in [0.15, 0.2) is 78.9 Å². The van der Waals surface area contributed by atoms with Crippen molar-refractivity contribution in [3.63, 3.8) is 0 Å². The first-order valence-corrected chi connectivity index (χ1v) is 12.9. The zero-order valence-electron chi connectivity index (χ0n) is 22.5. The number of amides is 2. The smallest absolute Gasteiger partial charge is 0.416 e. The van der Waals surface area contributed by atoms with Crippen molar-refractivity contribution < 1.29 is 40.7 Å². The van der Waals surface area contributed by atoms with Crippen LogP contribution in [-0.4, -0.2) is 43.5 Å². The molecule has 0 heterocycles. The van der Waals surface area contributed by atoms with Gasteiger partial charge in [-0.2, -0.15) is 26.3 Å². The summed E-state index contributed by atoms with van der Waals surface area (Å²) >= 11 is 5.93. The van der Waals surface area contributed by atoms with Gasteiger partial charge in [0, 0.05) is 30.3 Å². The van der Waals surface area contributed by atoms with E-state index in [1.165, 1.54) is 26.3 Å². The second-order valence-electron chi connectivity index (χ2n) is 9.36. The molecule has 0 aliphatic carbocycles. The molecule has 0 radical (unpaired) electrons. The molecule has 5 nitrogen and oxygen atoms in total. The highest BCUT2D eigenvalue weighted by atomic mass is 35.5. The van der Waals surface area contributed by atoms with Crippen molar-refractivity contribution in [3.8, 4) is 5.75 Å². The summed E-state index contributed by atoms with van der Waals surface area (Å²) in [4.78, 5) is 26.8. The van der Waals surface area contributed by atoms with Gasteiger partial charge in [-0.3, -0.25) is 9.59 Å². The van der Waals surface area contributed by atoms with Gasteiger partial charge in [0.25, 0.3) is 5.91 Å². The van der Waals surface area contributed by atoms with Gasteiger partial charge < -0.3 is 15.0 Å². The lowest BCUT2D eigenvalue weighted by Gasteiger charge is -2.27. The van der Waals surface area contributed by atoms with E-state index in [1.807, 2.05) is 18.2 Å². The van der Waals surface area contributed by atoms with E-state index in [0.29, 0.717) is 34.9 Å². The Morgan fingerprint density at radius 3 is 2.12 bits per heavy atom. The van der Waals surface area contributed by atoms with Gasteiger partial charge in [0.1, 0.15) is 5.75 Å². The molecular formula is C30H27ClF6N2O3. The maximum Gasteiger partial charge on any atom is 0.416 e. The van der Waals surface area contributed by atoms with Crippen molar-refractivity contribution in [1.82, 2.24) is 10.2 Å². The lowest BCUT2D eigenvalue weighted by Crippen LogP contribution is -2.38. The molecule has 1 atom stereocenters. The SMILES string of the molecule is COc1cccc(CCNC(=O)C=CC(Cc2ccc(Cl)cc2)N(C)C(=O)c2cc(C(F)(F)F)cc(C(F)(F)F)c2)c1. The number of nitrogens with one attached hydrogen (secondary N) is 1. The Labute approximate surface area is 243 Å². The van der Waals surface area contributed by atoms with E-state index in [0.717, 1.165) is 10.5 Å². The van der Waals surface area contributed by atoms with Crippen LogP contribution in [0.4, 0.5) is 26.3 Å². The number of hydrogen-bond donors (Lipinski definition) is 1. The number of nitrogens with zero attached hydrogens (tertiary/aromatic N) is 1. The molecule has 3 aromatic rings. The van der Waals surface area contributed by atoms with Gasteiger partial charge in [-0.25, -0.2) is 0 Å². The summed E-state index contributed by atoms with van der Waals surface area (Å²) in [6.45, 7) is 0.275. The van der Waals surface area contributed by atoms with E-state index in [9.17, 15) is 35.9 Å². The van der Waals surface area contributed by atoms with Crippen molar-refractivity contribution in [1.29, 1.82) is 0 Å². The largest absolute Gasteiger partial charge is 0.497 e. The fourth-order valence-corrected chi connectivity index (χ4v) is 4.17. The van der Waals surface area contributed by atoms with Crippen LogP contribution in [0.1, 0.15) is 32.6 Å². The van der Waals surface area contributed by atoms with Gasteiger partial charge >= 0.3 is 12.4 Å². The Hall–Kier alpha value is -3.99. The average molecular weight is 613 g/mol. The van der Waals surface area contributed by atoms with Crippen LogP contribution in [0.5, 0.6) is 5.75 Å². The normalized spacial score (nSPS) is 12.7. The molecule has 0 saturated carbocycles. The highest BCUT2D eigenvalue weighted by molar-refractivity contribution is 6.30. The van der Waals surface area contributed by atoms with E-state index in [1.54, 1.807) is 30.3 Å². The molecule has 0 fully saturated rings. The van der Waals surface area contributed by atoms with E-state index in [2.05, 4.69) is 5.32 Å². The molecule has 0 bridgehead atoms. The highest BCUT2D eigenvalue weighted by Crippen LogP contribution is 2.36. The molecule has 0 spiro atoms. The zero-order valence-corrected chi connectivity index (χ0v) is 23.3. The van der Waals surface area contributed by atoms with Crippen LogP contribution >= 0.6 is 11.6 Å². The summed E-state index contributed by atoms with van der Waals surface area (Å²) in [6, 6.07) is 13.6. The third kappa shape index (κ3) is 9.27. The van der Waals surface area contributed by atoms with Crippen molar-refractivity contribution in [3.05, 3.63) is 112 Å². The Kier molecular flexibility index (Phi) is 10.7. The number of methoxy groups -OCH3 is 1. The highest BCUT2D eigenvalue weighted by Gasteiger charge is 2.38. The number of alkyl halides is 6. The second kappa shape index (κ2) is 13.8. The standard InChI is InChI=1S/C30H27ClF6N2O3/c1-39(28(41)21-16-22(29(32,33)34)18-23(17-21)30(35,36)37)25(14-20-6-8-24(31)9-7-20)10-11-27(40)38-13-12-19-4-3-5-26(15-19)42-2/h3-11,15-18,25H,12-14H2,1-2H3,(H,38,40). The quantitative estimate of drug-likeness (QED) is 0.198. The summed E-state index contributed by atoms with van der Waals surface area (Å²) in [7, 11) is 2.78. The van der Waals surface area contributed by atoms with Crippen LogP contribution in [0.3, 0.4) is 0 Å². The van der Waals surface area contributed by atoms with Crippen LogP contribution in [0.2, 0.25) is 5.02 Å². The average Bonchev–Trinajstić information content (AvgIpc) is 2.94. The summed E-state index contributed by atoms with van der Waals surface area (Å²) in [5.74, 6) is -0.925. The third-order valence-electron chi connectivity index (χ3n) is 6.33. The summed E-state index contributed by atoms with van der Waals surface area (Å²) < 4.78 is 85.4. The number of carbonyl (C=O) groups is 2. The maximum absolute atomic E-state index is 13.4. The Balaban J connectivity index is 1.83. The van der Waals surface area contributed by atoms with Gasteiger partial charge in [0.05, 0.1) is 24.3 Å². The van der Waals surface area contributed by atoms with E-state index < -0.39 is 46.9 Å². The summed E-state index contributed by atoms with van der Waals surface area (Å²) in [6.07, 6.45) is -7.09. The third-order valence-corrected chi connectivity index (χ3v) is 6.58. The number of ether oxygens (including phenoxy) is 1. The number of rotatable bonds is 10.